The third-order valence-corrected chi connectivity index (χ3v) is 4.06. The lowest BCUT2D eigenvalue weighted by Gasteiger charge is -2.26. The van der Waals surface area contributed by atoms with Gasteiger partial charge in [-0.3, -0.25) is 9.79 Å². The van der Waals surface area contributed by atoms with E-state index in [0.29, 0.717) is 23.9 Å². The topological polar surface area (TPSA) is 59.9 Å². The summed E-state index contributed by atoms with van der Waals surface area (Å²) in [6, 6.07) is 7.69. The molecule has 0 saturated heterocycles. The van der Waals surface area contributed by atoms with Crippen LogP contribution in [0.15, 0.2) is 29.3 Å². The second-order valence-corrected chi connectivity index (χ2v) is 5.85. The van der Waals surface area contributed by atoms with Crippen molar-refractivity contribution in [1.29, 1.82) is 0 Å². The number of carbonyl (C=O) groups excluding carboxylic acids is 1. The molecule has 20 heavy (non-hydrogen) atoms. The van der Waals surface area contributed by atoms with Crippen LogP contribution in [-0.2, 0) is 4.79 Å². The molecule has 0 saturated carbocycles. The molecule has 6 heteroatoms. The maximum atomic E-state index is 11.4. The van der Waals surface area contributed by atoms with E-state index in [1.54, 1.807) is 0 Å². The van der Waals surface area contributed by atoms with Crippen molar-refractivity contribution in [2.24, 2.45) is 4.99 Å². The molecule has 2 heterocycles. The molecule has 3 rings (SSSR count). The monoisotopic (exact) mass is 292 g/mol. The highest BCUT2D eigenvalue weighted by Gasteiger charge is 2.23. The molecular formula is C14H16N2O3S. The lowest BCUT2D eigenvalue weighted by molar-refractivity contribution is -0.120. The van der Waals surface area contributed by atoms with Crippen LogP contribution < -0.4 is 14.8 Å². The quantitative estimate of drug-likeness (QED) is 0.903. The van der Waals surface area contributed by atoms with Gasteiger partial charge in [-0.05, 0) is 19.1 Å². The zero-order valence-corrected chi connectivity index (χ0v) is 12.0. The predicted octanol–water partition coefficient (Wildman–Crippen LogP) is 1.82. The number of para-hydroxylation sites is 2. The molecule has 106 valence electrons. The first-order valence-corrected chi connectivity index (χ1v) is 7.58. The normalized spacial score (nSPS) is 24.9. The van der Waals surface area contributed by atoms with Gasteiger partial charge in [-0.15, -0.1) is 0 Å². The van der Waals surface area contributed by atoms with E-state index in [0.717, 1.165) is 11.5 Å². The second kappa shape index (κ2) is 5.75. The zero-order chi connectivity index (χ0) is 13.9. The summed E-state index contributed by atoms with van der Waals surface area (Å²) in [6.07, 6.45) is 0.423. The van der Waals surface area contributed by atoms with Crippen LogP contribution >= 0.6 is 11.8 Å². The number of nitrogens with one attached hydrogen (secondary N) is 1. The van der Waals surface area contributed by atoms with Gasteiger partial charge in [0.25, 0.3) is 0 Å². The van der Waals surface area contributed by atoms with E-state index in [2.05, 4.69) is 10.3 Å². The maximum absolute atomic E-state index is 11.4. The van der Waals surface area contributed by atoms with E-state index in [1.165, 1.54) is 11.8 Å². The fourth-order valence-electron chi connectivity index (χ4n) is 2.11. The van der Waals surface area contributed by atoms with E-state index in [9.17, 15) is 4.79 Å². The molecule has 0 unspecified atom stereocenters. The summed E-state index contributed by atoms with van der Waals surface area (Å²) in [7, 11) is 0. The highest BCUT2D eigenvalue weighted by molar-refractivity contribution is 8.13. The molecular weight excluding hydrogens is 276 g/mol. The number of hydrogen-bond donors (Lipinski definition) is 1. The Kier molecular flexibility index (Phi) is 3.82. The van der Waals surface area contributed by atoms with Gasteiger partial charge in [0.15, 0.2) is 16.7 Å². The predicted molar refractivity (Wildman–Crippen MR) is 78.5 cm³/mol. The Balaban J connectivity index is 1.57. The molecule has 1 aromatic rings. The van der Waals surface area contributed by atoms with Gasteiger partial charge in [0, 0.05) is 12.2 Å². The Morgan fingerprint density at radius 1 is 1.40 bits per heavy atom. The average molecular weight is 292 g/mol. The Hall–Kier alpha value is -1.69. The molecule has 1 aromatic carbocycles. The van der Waals surface area contributed by atoms with Gasteiger partial charge in [0.2, 0.25) is 5.91 Å². The first kappa shape index (κ1) is 13.3. The van der Waals surface area contributed by atoms with Crippen molar-refractivity contribution in [1.82, 2.24) is 5.32 Å². The average Bonchev–Trinajstić information content (AvgIpc) is 2.44. The van der Waals surface area contributed by atoms with Crippen LogP contribution in [0.4, 0.5) is 0 Å². The number of nitrogens with zero attached hydrogens (tertiary/aromatic N) is 1. The third-order valence-electron chi connectivity index (χ3n) is 3.04. The summed E-state index contributed by atoms with van der Waals surface area (Å²) >= 11 is 1.50. The smallest absolute Gasteiger partial charge is 0.228 e. The largest absolute Gasteiger partial charge is 0.486 e. The molecule has 2 atom stereocenters. The van der Waals surface area contributed by atoms with Crippen molar-refractivity contribution >= 4 is 22.8 Å². The van der Waals surface area contributed by atoms with Crippen molar-refractivity contribution in [2.45, 2.75) is 25.5 Å². The molecule has 2 aliphatic rings. The zero-order valence-electron chi connectivity index (χ0n) is 11.2. The summed E-state index contributed by atoms with van der Waals surface area (Å²) in [4.78, 5) is 15.9. The van der Waals surface area contributed by atoms with Crippen LogP contribution in [0.3, 0.4) is 0 Å². The van der Waals surface area contributed by atoms with E-state index in [1.807, 2.05) is 31.2 Å². The molecule has 0 spiro atoms. The number of amidine groups is 1. The van der Waals surface area contributed by atoms with Gasteiger partial charge >= 0.3 is 0 Å². The molecule has 1 amide bonds. The number of fused-ring (bicyclic) bond motifs is 1. The molecule has 2 aliphatic heterocycles. The van der Waals surface area contributed by atoms with Gasteiger partial charge < -0.3 is 14.8 Å². The fourth-order valence-corrected chi connectivity index (χ4v) is 3.06. The Bertz CT molecular complexity index is 547. The number of thioether (sulfide) groups is 1. The highest BCUT2D eigenvalue weighted by atomic mass is 32.2. The van der Waals surface area contributed by atoms with E-state index in [-0.39, 0.29) is 18.1 Å². The maximum Gasteiger partial charge on any atom is 0.228 e. The molecule has 0 fully saturated rings. The van der Waals surface area contributed by atoms with E-state index < -0.39 is 0 Å². The molecule has 0 aliphatic carbocycles. The number of rotatable bonds is 2. The van der Waals surface area contributed by atoms with Crippen molar-refractivity contribution in [3.8, 4) is 11.5 Å². The third kappa shape index (κ3) is 3.07. The van der Waals surface area contributed by atoms with Gasteiger partial charge in [0.05, 0.1) is 6.04 Å². The van der Waals surface area contributed by atoms with Crippen LogP contribution in [0.5, 0.6) is 11.5 Å². The summed E-state index contributed by atoms with van der Waals surface area (Å²) in [5, 5.41) is 3.46. The van der Waals surface area contributed by atoms with E-state index in [4.69, 9.17) is 9.47 Å². The molecule has 0 radical (unpaired) electrons. The van der Waals surface area contributed by atoms with Crippen LogP contribution in [-0.4, -0.2) is 35.6 Å². The van der Waals surface area contributed by atoms with Gasteiger partial charge in [-0.25, -0.2) is 0 Å². The number of carbonyl (C=O) groups is 1. The summed E-state index contributed by atoms with van der Waals surface area (Å²) in [6.45, 7) is 2.45. The van der Waals surface area contributed by atoms with Crippen LogP contribution in [0.2, 0.25) is 0 Å². The Morgan fingerprint density at radius 3 is 3.00 bits per heavy atom. The number of hydrogen-bond acceptors (Lipinski definition) is 5. The van der Waals surface area contributed by atoms with Crippen LogP contribution in [0.25, 0.3) is 0 Å². The van der Waals surface area contributed by atoms with Crippen molar-refractivity contribution in [3.05, 3.63) is 24.3 Å². The second-order valence-electron chi connectivity index (χ2n) is 4.84. The Labute approximate surface area is 121 Å². The fraction of sp³-hybridized carbons (Fsp3) is 0.429. The standard InChI is InChI=1S/C14H16N2O3S/c1-9-6-13(17)16-14(15-9)20-8-10-7-18-11-4-2-3-5-12(11)19-10/h2-5,9-10H,6-8H2,1H3,(H,15,16,17)/t9-,10+/m0/s1. The number of aliphatic imine (C=N–C) groups is 1. The summed E-state index contributed by atoms with van der Waals surface area (Å²) in [5.74, 6) is 2.28. The van der Waals surface area contributed by atoms with Crippen molar-refractivity contribution in [2.75, 3.05) is 12.4 Å². The molecule has 0 bridgehead atoms. The minimum atomic E-state index is -0.0354. The van der Waals surface area contributed by atoms with Gasteiger partial charge in [-0.1, -0.05) is 23.9 Å². The first-order valence-electron chi connectivity index (χ1n) is 6.59. The SMILES string of the molecule is C[C@H]1CC(=O)NC(SC[C@H]2COc3ccccc3O2)=N1. The van der Waals surface area contributed by atoms with E-state index >= 15 is 0 Å². The highest BCUT2D eigenvalue weighted by Crippen LogP contribution is 2.31. The molecule has 5 nitrogen and oxygen atoms in total. The van der Waals surface area contributed by atoms with Gasteiger partial charge in [0.1, 0.15) is 12.7 Å². The minimum Gasteiger partial charge on any atom is -0.486 e. The van der Waals surface area contributed by atoms with Crippen LogP contribution in [0.1, 0.15) is 13.3 Å². The number of amides is 1. The molecule has 0 aromatic heterocycles. The van der Waals surface area contributed by atoms with Crippen molar-refractivity contribution in [3.63, 3.8) is 0 Å². The number of benzene rings is 1. The van der Waals surface area contributed by atoms with Crippen molar-refractivity contribution < 1.29 is 14.3 Å². The van der Waals surface area contributed by atoms with Crippen LogP contribution in [0, 0.1) is 0 Å². The molecule has 1 N–H and O–H groups in total. The lowest BCUT2D eigenvalue weighted by Crippen LogP contribution is -2.38. The summed E-state index contributed by atoms with van der Waals surface area (Å²) < 4.78 is 11.5. The summed E-state index contributed by atoms with van der Waals surface area (Å²) in [5.41, 5.74) is 0. The first-order chi connectivity index (χ1) is 9.70. The lowest BCUT2D eigenvalue weighted by atomic mass is 10.2. The minimum absolute atomic E-state index is 0.0289. The number of ether oxygens (including phenoxy) is 2. The van der Waals surface area contributed by atoms with Gasteiger partial charge in [-0.2, -0.15) is 0 Å². The Morgan fingerprint density at radius 2 is 2.20 bits per heavy atom.